The molecule has 0 aromatic heterocycles. The molecule has 374 valence electrons. The molecule has 7 atom stereocenters. The normalized spacial score (nSPS) is 13.7. The summed E-state index contributed by atoms with van der Waals surface area (Å²) in [7, 11) is 0. The highest BCUT2D eigenvalue weighted by Gasteiger charge is 2.34. The first-order valence-electron chi connectivity index (χ1n) is 20.8. The van der Waals surface area contributed by atoms with Crippen molar-refractivity contribution in [2.24, 2.45) is 17.2 Å². The second-order valence-electron chi connectivity index (χ2n) is 15.3. The Hall–Kier alpha value is -8.49. The summed E-state index contributed by atoms with van der Waals surface area (Å²) in [4.78, 5) is 163. The third-order valence-corrected chi connectivity index (χ3v) is 9.62. The number of carboxylic acid groups (broad SMARTS) is 4. The monoisotopic (exact) mass is 970 g/mol. The van der Waals surface area contributed by atoms with Gasteiger partial charge >= 0.3 is 23.9 Å². The van der Waals surface area contributed by atoms with Crippen LogP contribution in [0.25, 0.3) is 0 Å². The van der Waals surface area contributed by atoms with E-state index in [-0.39, 0.29) is 12.8 Å². The number of rotatable bonds is 31. The fourth-order valence-corrected chi connectivity index (χ4v) is 6.19. The molecule has 0 spiro atoms. The number of carboxylic acids is 4. The topological polar surface area (TPSA) is 465 Å². The fraction of sp³-hybridized carbons (Fsp3) is 0.405. The number of carbonyl (C=O) groups is 13. The number of primary amides is 2. The van der Waals surface area contributed by atoms with Crippen LogP contribution in [0.5, 0.6) is 0 Å². The molecule has 27 heteroatoms. The average Bonchev–Trinajstić information content (AvgIpc) is 3.27. The minimum Gasteiger partial charge on any atom is -0.481 e. The van der Waals surface area contributed by atoms with Crippen molar-refractivity contribution < 1.29 is 82.8 Å². The number of carbonyl (C=O) groups excluding carboxylic acids is 9. The van der Waals surface area contributed by atoms with Crippen LogP contribution in [0.3, 0.4) is 0 Å². The Morgan fingerprint density at radius 3 is 1.28 bits per heavy atom. The first kappa shape index (κ1) is 56.6. The van der Waals surface area contributed by atoms with Crippen LogP contribution in [0.2, 0.25) is 0 Å². The molecule has 0 aliphatic rings. The molecule has 0 saturated heterocycles. The summed E-state index contributed by atoms with van der Waals surface area (Å²) in [6, 6.07) is 4.47. The van der Waals surface area contributed by atoms with Crippen LogP contribution in [-0.2, 0) is 75.2 Å². The number of amides is 9. The van der Waals surface area contributed by atoms with Crippen molar-refractivity contribution in [3.8, 4) is 0 Å². The Labute approximate surface area is 392 Å². The van der Waals surface area contributed by atoms with Crippen molar-refractivity contribution in [2.75, 3.05) is 6.54 Å². The predicted octanol–water partition coefficient (Wildman–Crippen LogP) is -5.14. The number of hydrogen-bond acceptors (Lipinski definition) is 14. The smallest absolute Gasteiger partial charge is 0.326 e. The van der Waals surface area contributed by atoms with Gasteiger partial charge in [-0.3, -0.25) is 57.5 Å². The molecule has 27 nitrogen and oxygen atoms in total. The van der Waals surface area contributed by atoms with Crippen LogP contribution in [0, 0.1) is 0 Å². The summed E-state index contributed by atoms with van der Waals surface area (Å²) in [5.41, 5.74) is 17.0. The molecule has 2 rings (SSSR count). The van der Waals surface area contributed by atoms with E-state index in [1.54, 1.807) is 60.7 Å². The molecule has 0 aliphatic heterocycles. The first-order valence-corrected chi connectivity index (χ1v) is 20.8. The molecule has 0 saturated carbocycles. The molecule has 0 aliphatic carbocycles. The second-order valence-corrected chi connectivity index (χ2v) is 15.3. The Morgan fingerprint density at radius 2 is 0.826 bits per heavy atom. The summed E-state index contributed by atoms with van der Waals surface area (Å²) in [5.74, 6) is -16.6. The van der Waals surface area contributed by atoms with Crippen LogP contribution < -0.4 is 54.4 Å². The zero-order valence-electron chi connectivity index (χ0n) is 36.7. The summed E-state index contributed by atoms with van der Waals surface area (Å²) in [5, 5.41) is 53.2. The lowest BCUT2D eigenvalue weighted by atomic mass is 10.0. The van der Waals surface area contributed by atoms with Gasteiger partial charge in [-0.2, -0.15) is 0 Å². The van der Waals surface area contributed by atoms with Gasteiger partial charge in [0, 0.05) is 25.7 Å². The SMILES string of the molecule is NC(=O)C[C@H](NC(=O)[C@H](CC(=O)O)NC(=O)[C@@H](N)CC(N)=O)C(=O)N[C@@H](CCC(=O)O)C(=O)N[C@@H](CCC(=O)O)C(=O)NCC(=O)N[C@@H](Cc1ccccc1)C(=O)N[C@@H](Cc1ccccc1)C(=O)O. The van der Waals surface area contributed by atoms with Crippen molar-refractivity contribution in [2.45, 2.75) is 100 Å². The Bertz CT molecular complexity index is 2210. The van der Waals surface area contributed by atoms with Gasteiger partial charge in [0.1, 0.15) is 36.3 Å². The van der Waals surface area contributed by atoms with Gasteiger partial charge in [-0.25, -0.2) is 4.79 Å². The van der Waals surface area contributed by atoms with Crippen molar-refractivity contribution >= 4 is 77.0 Å². The quantitative estimate of drug-likeness (QED) is 0.0336. The lowest BCUT2D eigenvalue weighted by Crippen LogP contribution is -2.60. The molecular formula is C42H54N10O17. The van der Waals surface area contributed by atoms with E-state index in [1.807, 2.05) is 10.6 Å². The standard InChI is InChI=1S/C42H54N10O17/c43-23(17-30(44)53)36(62)50-28(19-35(60)61)41(67)51-27(18-31(45)54)40(66)49-25(12-14-34(58)59)38(64)48-24(11-13-33(56)57)37(63)46-20-32(55)47-26(15-21-7-3-1-4-8-21)39(65)52-29(42(68)69)16-22-9-5-2-6-10-22/h1-10,23-29H,11-20,43H2,(H2,44,53)(H2,45,54)(H,46,63)(H,47,55)(H,48,64)(H,49,66)(H,50,62)(H,51,67)(H,52,65)(H,56,57)(H,58,59)(H,60,61)(H,68,69)/t23-,24-,25-,26-,27-,28-,29-/m0/s1. The molecule has 9 amide bonds. The summed E-state index contributed by atoms with van der Waals surface area (Å²) in [6.07, 6.45) is -6.06. The zero-order valence-corrected chi connectivity index (χ0v) is 36.7. The van der Waals surface area contributed by atoms with Crippen LogP contribution in [0.1, 0.15) is 56.1 Å². The van der Waals surface area contributed by atoms with E-state index in [2.05, 4.69) is 26.6 Å². The second kappa shape index (κ2) is 28.5. The number of hydrogen-bond donors (Lipinski definition) is 14. The molecule has 0 fully saturated rings. The Balaban J connectivity index is 2.30. The third-order valence-electron chi connectivity index (χ3n) is 9.62. The molecule has 69 heavy (non-hydrogen) atoms. The van der Waals surface area contributed by atoms with Gasteiger partial charge < -0.3 is 74.8 Å². The van der Waals surface area contributed by atoms with Crippen LogP contribution in [0.4, 0.5) is 0 Å². The van der Waals surface area contributed by atoms with E-state index < -0.39 is 171 Å². The van der Waals surface area contributed by atoms with Gasteiger partial charge in [-0.05, 0) is 24.0 Å². The van der Waals surface area contributed by atoms with E-state index in [9.17, 15) is 82.8 Å². The lowest BCUT2D eigenvalue weighted by molar-refractivity contribution is -0.142. The van der Waals surface area contributed by atoms with Crippen molar-refractivity contribution in [1.82, 2.24) is 37.2 Å². The molecule has 2 aromatic rings. The summed E-state index contributed by atoms with van der Waals surface area (Å²) >= 11 is 0. The van der Waals surface area contributed by atoms with Gasteiger partial charge in [0.2, 0.25) is 53.2 Å². The van der Waals surface area contributed by atoms with E-state index in [1.165, 1.54) is 0 Å². The zero-order chi connectivity index (χ0) is 51.8. The van der Waals surface area contributed by atoms with E-state index >= 15 is 0 Å². The molecule has 17 N–H and O–H groups in total. The fourth-order valence-electron chi connectivity index (χ4n) is 6.19. The molecule has 0 heterocycles. The van der Waals surface area contributed by atoms with E-state index in [4.69, 9.17) is 17.2 Å². The minimum absolute atomic E-state index is 0.105. The lowest BCUT2D eigenvalue weighted by Gasteiger charge is -2.26. The molecule has 0 bridgehead atoms. The summed E-state index contributed by atoms with van der Waals surface area (Å²) in [6.45, 7) is -0.892. The predicted molar refractivity (Wildman–Crippen MR) is 234 cm³/mol. The average molecular weight is 971 g/mol. The van der Waals surface area contributed by atoms with Gasteiger partial charge in [0.05, 0.1) is 31.8 Å². The maximum absolute atomic E-state index is 13.6. The highest BCUT2D eigenvalue weighted by molar-refractivity contribution is 5.99. The highest BCUT2D eigenvalue weighted by Crippen LogP contribution is 2.09. The molecule has 0 unspecified atom stereocenters. The maximum Gasteiger partial charge on any atom is 0.326 e. The van der Waals surface area contributed by atoms with Crippen molar-refractivity contribution in [3.63, 3.8) is 0 Å². The maximum atomic E-state index is 13.6. The third kappa shape index (κ3) is 22.0. The van der Waals surface area contributed by atoms with Crippen molar-refractivity contribution in [1.29, 1.82) is 0 Å². The number of nitrogens with one attached hydrogen (secondary N) is 7. The molecular weight excluding hydrogens is 917 g/mol. The largest absolute Gasteiger partial charge is 0.481 e. The van der Waals surface area contributed by atoms with Crippen LogP contribution in [-0.4, -0.2) is 146 Å². The van der Waals surface area contributed by atoms with Gasteiger partial charge in [0.25, 0.3) is 0 Å². The molecule has 2 aromatic carbocycles. The van der Waals surface area contributed by atoms with E-state index in [0.29, 0.717) is 11.1 Å². The van der Waals surface area contributed by atoms with Crippen LogP contribution in [0.15, 0.2) is 60.7 Å². The summed E-state index contributed by atoms with van der Waals surface area (Å²) < 4.78 is 0. The number of aliphatic carboxylic acids is 4. The van der Waals surface area contributed by atoms with Gasteiger partial charge in [0.15, 0.2) is 0 Å². The van der Waals surface area contributed by atoms with Crippen LogP contribution >= 0.6 is 0 Å². The molecule has 0 radical (unpaired) electrons. The Morgan fingerprint density at radius 1 is 0.435 bits per heavy atom. The Kier molecular flexibility index (Phi) is 23.4. The highest BCUT2D eigenvalue weighted by atomic mass is 16.4. The number of nitrogens with two attached hydrogens (primary N) is 3. The first-order chi connectivity index (χ1) is 32.4. The minimum atomic E-state index is -2.03. The van der Waals surface area contributed by atoms with Gasteiger partial charge in [-0.15, -0.1) is 0 Å². The number of benzene rings is 2. The van der Waals surface area contributed by atoms with E-state index in [0.717, 1.165) is 0 Å². The van der Waals surface area contributed by atoms with Crippen molar-refractivity contribution in [3.05, 3.63) is 71.8 Å². The van der Waals surface area contributed by atoms with Gasteiger partial charge in [-0.1, -0.05) is 60.7 Å².